The Labute approximate surface area is 111 Å². The Balaban J connectivity index is 2.48. The number of rotatable bonds is 3. The van der Waals surface area contributed by atoms with Crippen LogP contribution in [0.2, 0.25) is 5.15 Å². The van der Waals surface area contributed by atoms with Gasteiger partial charge in [0.15, 0.2) is 11.6 Å². The van der Waals surface area contributed by atoms with Crippen LogP contribution in [0, 0.1) is 3.57 Å². The van der Waals surface area contributed by atoms with Gasteiger partial charge in [-0.25, -0.2) is 9.97 Å². The molecule has 0 aliphatic rings. The molecule has 0 atom stereocenters. The number of ether oxygens (including phenoxy) is 1. The summed E-state index contributed by atoms with van der Waals surface area (Å²) in [6.07, 6.45) is 1.57. The average molecular weight is 351 g/mol. The van der Waals surface area contributed by atoms with Crippen LogP contribution in [0.5, 0.6) is 0 Å². The van der Waals surface area contributed by atoms with Crippen molar-refractivity contribution in [3.8, 4) is 11.6 Å². The van der Waals surface area contributed by atoms with Crippen LogP contribution in [0.25, 0.3) is 11.6 Å². The highest BCUT2D eigenvalue weighted by Crippen LogP contribution is 2.24. The van der Waals surface area contributed by atoms with E-state index in [9.17, 15) is 0 Å². The van der Waals surface area contributed by atoms with Crippen molar-refractivity contribution in [3.63, 3.8) is 0 Å². The van der Waals surface area contributed by atoms with Crippen molar-refractivity contribution < 1.29 is 9.15 Å². The third-order valence-corrected chi connectivity index (χ3v) is 3.63. The molecule has 2 aromatic rings. The third kappa shape index (κ3) is 2.36. The summed E-state index contributed by atoms with van der Waals surface area (Å²) >= 11 is 8.11. The first kappa shape index (κ1) is 11.8. The monoisotopic (exact) mass is 350 g/mol. The molecule has 0 bridgehead atoms. The van der Waals surface area contributed by atoms with Crippen molar-refractivity contribution >= 4 is 34.2 Å². The fourth-order valence-corrected chi connectivity index (χ4v) is 1.80. The zero-order valence-corrected chi connectivity index (χ0v) is 11.3. The van der Waals surface area contributed by atoms with E-state index in [4.69, 9.17) is 20.8 Å². The zero-order valence-electron chi connectivity index (χ0n) is 8.41. The van der Waals surface area contributed by atoms with Crippen LogP contribution in [0.4, 0.5) is 0 Å². The maximum absolute atomic E-state index is 6.02. The Morgan fingerprint density at radius 1 is 1.50 bits per heavy atom. The first-order chi connectivity index (χ1) is 7.72. The van der Waals surface area contributed by atoms with E-state index in [2.05, 4.69) is 32.6 Å². The molecule has 0 N–H and O–H groups in total. The molecule has 84 valence electrons. The van der Waals surface area contributed by atoms with Gasteiger partial charge in [-0.3, -0.25) is 0 Å². The second-order valence-electron chi connectivity index (χ2n) is 3.01. The fraction of sp³-hybridized carbons (Fsp3) is 0.200. The Morgan fingerprint density at radius 2 is 2.31 bits per heavy atom. The SMILES string of the molecule is COCc1nc(-c2ccco2)nc(Cl)c1I. The van der Waals surface area contributed by atoms with Crippen molar-refractivity contribution in [3.05, 3.63) is 32.8 Å². The van der Waals surface area contributed by atoms with Gasteiger partial charge < -0.3 is 9.15 Å². The van der Waals surface area contributed by atoms with Crippen LogP contribution in [0.3, 0.4) is 0 Å². The second kappa shape index (κ2) is 5.11. The molecule has 0 spiro atoms. The number of halogens is 2. The Kier molecular flexibility index (Phi) is 3.78. The van der Waals surface area contributed by atoms with Gasteiger partial charge in [0, 0.05) is 7.11 Å². The van der Waals surface area contributed by atoms with Crippen LogP contribution >= 0.6 is 34.2 Å². The zero-order chi connectivity index (χ0) is 11.5. The van der Waals surface area contributed by atoms with Gasteiger partial charge in [0.25, 0.3) is 0 Å². The Morgan fingerprint density at radius 3 is 2.94 bits per heavy atom. The molecule has 0 saturated heterocycles. The maximum Gasteiger partial charge on any atom is 0.197 e. The summed E-state index contributed by atoms with van der Waals surface area (Å²) in [6.45, 7) is 0.397. The smallest absolute Gasteiger partial charge is 0.197 e. The van der Waals surface area contributed by atoms with Gasteiger partial charge in [0.2, 0.25) is 0 Å². The lowest BCUT2D eigenvalue weighted by Gasteiger charge is -2.05. The molecular formula is C10H8ClIN2O2. The first-order valence-corrected chi connectivity index (χ1v) is 5.92. The Bertz CT molecular complexity index is 488. The van der Waals surface area contributed by atoms with Gasteiger partial charge in [-0.15, -0.1) is 0 Å². The highest BCUT2D eigenvalue weighted by Gasteiger charge is 2.13. The molecule has 16 heavy (non-hydrogen) atoms. The minimum Gasteiger partial charge on any atom is -0.461 e. The lowest BCUT2D eigenvalue weighted by molar-refractivity contribution is 0.181. The summed E-state index contributed by atoms with van der Waals surface area (Å²) in [5, 5.41) is 0.411. The van der Waals surface area contributed by atoms with Crippen molar-refractivity contribution in [2.75, 3.05) is 7.11 Å². The van der Waals surface area contributed by atoms with Crippen LogP contribution in [-0.2, 0) is 11.3 Å². The number of furan rings is 1. The fourth-order valence-electron chi connectivity index (χ4n) is 1.21. The second-order valence-corrected chi connectivity index (χ2v) is 4.45. The molecule has 2 aromatic heterocycles. The van der Waals surface area contributed by atoms with Crippen LogP contribution < -0.4 is 0 Å². The van der Waals surface area contributed by atoms with Gasteiger partial charge in [-0.1, -0.05) is 11.6 Å². The van der Waals surface area contributed by atoms with E-state index < -0.39 is 0 Å². The quantitative estimate of drug-likeness (QED) is 0.630. The van der Waals surface area contributed by atoms with Crippen molar-refractivity contribution in [2.24, 2.45) is 0 Å². The Hall–Kier alpha value is -0.660. The van der Waals surface area contributed by atoms with E-state index in [-0.39, 0.29) is 0 Å². The maximum atomic E-state index is 6.02. The molecule has 6 heteroatoms. The lowest BCUT2D eigenvalue weighted by Crippen LogP contribution is -2.01. The topological polar surface area (TPSA) is 48.2 Å². The summed E-state index contributed by atoms with van der Waals surface area (Å²) in [5.41, 5.74) is 0.759. The molecule has 0 aliphatic carbocycles. The van der Waals surface area contributed by atoms with E-state index in [1.807, 2.05) is 0 Å². The molecule has 0 unspecified atom stereocenters. The van der Waals surface area contributed by atoms with Gasteiger partial charge in [-0.05, 0) is 34.7 Å². The molecule has 0 aliphatic heterocycles. The number of aromatic nitrogens is 2. The van der Waals surface area contributed by atoms with Gasteiger partial charge in [0.1, 0.15) is 5.15 Å². The summed E-state index contributed by atoms with van der Waals surface area (Å²) in [7, 11) is 1.61. The molecule has 4 nitrogen and oxygen atoms in total. The molecule has 2 rings (SSSR count). The average Bonchev–Trinajstić information content (AvgIpc) is 2.78. The largest absolute Gasteiger partial charge is 0.461 e. The normalized spacial score (nSPS) is 10.7. The van der Waals surface area contributed by atoms with Gasteiger partial charge in [-0.2, -0.15) is 0 Å². The van der Waals surface area contributed by atoms with Gasteiger partial charge >= 0.3 is 0 Å². The molecule has 0 aromatic carbocycles. The van der Waals surface area contributed by atoms with Crippen molar-refractivity contribution in [2.45, 2.75) is 6.61 Å². The van der Waals surface area contributed by atoms with Crippen molar-refractivity contribution in [1.29, 1.82) is 0 Å². The summed E-state index contributed by atoms with van der Waals surface area (Å²) < 4.78 is 11.1. The first-order valence-electron chi connectivity index (χ1n) is 4.47. The number of hydrogen-bond acceptors (Lipinski definition) is 4. The highest BCUT2D eigenvalue weighted by atomic mass is 127. The van der Waals surface area contributed by atoms with Gasteiger partial charge in [0.05, 0.1) is 22.1 Å². The summed E-state index contributed by atoms with van der Waals surface area (Å²) in [6, 6.07) is 3.57. The molecule has 0 radical (unpaired) electrons. The number of nitrogens with zero attached hydrogens (tertiary/aromatic N) is 2. The molecule has 0 fully saturated rings. The van der Waals surface area contributed by atoms with Crippen LogP contribution in [0.15, 0.2) is 22.8 Å². The lowest BCUT2D eigenvalue weighted by atomic mass is 10.3. The van der Waals surface area contributed by atoms with E-state index in [1.165, 1.54) is 0 Å². The number of methoxy groups -OCH3 is 1. The van der Waals surface area contributed by atoms with Crippen LogP contribution in [0.1, 0.15) is 5.69 Å². The highest BCUT2D eigenvalue weighted by molar-refractivity contribution is 14.1. The number of hydrogen-bond donors (Lipinski definition) is 0. The molecule has 0 saturated carbocycles. The standard InChI is InChI=1S/C10H8ClIN2O2/c1-15-5-6-8(12)9(11)14-10(13-6)7-3-2-4-16-7/h2-4H,5H2,1H3. The molecule has 0 amide bonds. The van der Waals surface area contributed by atoms with Crippen LogP contribution in [-0.4, -0.2) is 17.1 Å². The third-order valence-electron chi connectivity index (χ3n) is 1.90. The summed E-state index contributed by atoms with van der Waals surface area (Å²) in [4.78, 5) is 8.50. The van der Waals surface area contributed by atoms with E-state index in [1.54, 1.807) is 25.5 Å². The molecule has 2 heterocycles. The van der Waals surface area contributed by atoms with E-state index >= 15 is 0 Å². The molecular weight excluding hydrogens is 342 g/mol. The van der Waals surface area contributed by atoms with E-state index in [0.717, 1.165) is 9.26 Å². The van der Waals surface area contributed by atoms with Crippen molar-refractivity contribution in [1.82, 2.24) is 9.97 Å². The van der Waals surface area contributed by atoms with E-state index in [0.29, 0.717) is 23.3 Å². The predicted octanol–water partition coefficient (Wildman–Crippen LogP) is 3.14. The minimum absolute atomic E-state index is 0.397. The summed E-state index contributed by atoms with van der Waals surface area (Å²) in [5.74, 6) is 1.07. The minimum atomic E-state index is 0.397. The predicted molar refractivity (Wildman–Crippen MR) is 68.2 cm³/mol.